The molecule has 206 valence electrons. The van der Waals surface area contributed by atoms with Crippen molar-refractivity contribution in [3.05, 3.63) is 35.7 Å². The average Bonchev–Trinajstić information content (AvgIpc) is 3.24. The molecular formula is C27H34F2N4O4S. The van der Waals surface area contributed by atoms with Crippen molar-refractivity contribution in [1.29, 1.82) is 0 Å². The molecular weight excluding hydrogens is 514 g/mol. The predicted molar refractivity (Wildman–Crippen MR) is 140 cm³/mol. The molecule has 0 N–H and O–H groups in total. The quantitative estimate of drug-likeness (QED) is 0.262. The van der Waals surface area contributed by atoms with Crippen molar-refractivity contribution < 1.29 is 27.3 Å². The Hall–Kier alpha value is -2.95. The Balaban J connectivity index is 1.58. The number of benzene rings is 1. The van der Waals surface area contributed by atoms with E-state index in [-0.39, 0.29) is 34.8 Å². The molecule has 0 spiro atoms. The molecule has 0 bridgehead atoms. The number of hydrogen-bond donors (Lipinski definition) is 0. The number of carbonyl (C=O) groups is 1. The minimum atomic E-state index is -2.85. The summed E-state index contributed by atoms with van der Waals surface area (Å²) in [5, 5.41) is -0.00942. The van der Waals surface area contributed by atoms with Crippen molar-refractivity contribution in [3.8, 4) is 11.7 Å². The smallest absolute Gasteiger partial charge is 0.306 e. The molecule has 1 atom stereocenters. The van der Waals surface area contributed by atoms with Crippen molar-refractivity contribution in [2.45, 2.75) is 89.5 Å². The molecule has 2 aromatic heterocycles. The van der Waals surface area contributed by atoms with Crippen LogP contribution in [0.1, 0.15) is 77.6 Å². The van der Waals surface area contributed by atoms with Crippen LogP contribution in [0.4, 0.5) is 8.78 Å². The Morgan fingerprint density at radius 2 is 1.87 bits per heavy atom. The topological polar surface area (TPSA) is 96.2 Å². The Labute approximate surface area is 223 Å². The van der Waals surface area contributed by atoms with Crippen LogP contribution in [0.3, 0.4) is 0 Å². The number of halogens is 2. The van der Waals surface area contributed by atoms with Gasteiger partial charge in [-0.15, -0.1) is 0 Å². The lowest BCUT2D eigenvalue weighted by molar-refractivity contribution is -0.156. The first-order chi connectivity index (χ1) is 17.9. The summed E-state index contributed by atoms with van der Waals surface area (Å²) in [6.07, 6.45) is 2.39. The highest BCUT2D eigenvalue weighted by molar-refractivity contribution is 7.84. The number of fused-ring (bicyclic) bond motifs is 1. The molecule has 4 rings (SSSR count). The SMILES string of the molecule is CCc1cccc2c1nc(C(F)F)n2-c1cc(OC2CCC(CC(=O)OC(C)(C)C)CC2)nc(S(C)=O)n1. The number of ether oxygens (including phenoxy) is 2. The summed E-state index contributed by atoms with van der Waals surface area (Å²) in [6, 6.07) is 6.86. The van der Waals surface area contributed by atoms with E-state index < -0.39 is 28.7 Å². The predicted octanol–water partition coefficient (Wildman–Crippen LogP) is 5.72. The largest absolute Gasteiger partial charge is 0.474 e. The minimum Gasteiger partial charge on any atom is -0.474 e. The molecule has 3 aromatic rings. The molecule has 1 saturated carbocycles. The van der Waals surface area contributed by atoms with Crippen molar-refractivity contribution in [2.24, 2.45) is 5.92 Å². The lowest BCUT2D eigenvalue weighted by Crippen LogP contribution is -2.29. The Kier molecular flexibility index (Phi) is 8.44. The van der Waals surface area contributed by atoms with Crippen molar-refractivity contribution in [1.82, 2.24) is 19.5 Å². The number of aryl methyl sites for hydroxylation is 1. The maximum atomic E-state index is 14.1. The molecule has 8 nitrogen and oxygen atoms in total. The van der Waals surface area contributed by atoms with E-state index in [1.54, 1.807) is 12.1 Å². The van der Waals surface area contributed by atoms with Crippen LogP contribution in [0.5, 0.6) is 5.88 Å². The van der Waals surface area contributed by atoms with Gasteiger partial charge in [0.15, 0.2) is 5.82 Å². The van der Waals surface area contributed by atoms with Crippen LogP contribution >= 0.6 is 0 Å². The number of nitrogens with zero attached hydrogens (tertiary/aromatic N) is 4. The molecule has 1 unspecified atom stereocenters. The molecule has 38 heavy (non-hydrogen) atoms. The van der Waals surface area contributed by atoms with Gasteiger partial charge in [-0.3, -0.25) is 13.6 Å². The summed E-state index contributed by atoms with van der Waals surface area (Å²) in [5.74, 6) is -0.135. The highest BCUT2D eigenvalue weighted by Crippen LogP contribution is 2.33. The summed E-state index contributed by atoms with van der Waals surface area (Å²) >= 11 is 0. The highest BCUT2D eigenvalue weighted by atomic mass is 32.2. The van der Waals surface area contributed by atoms with Gasteiger partial charge >= 0.3 is 5.97 Å². The standard InChI is InChI=1S/C27H34F2N4O4S/c1-6-17-8-7-9-19-23(17)32-25(24(28)29)33(19)20-15-21(31-26(30-20)38(5)35)36-18-12-10-16(11-13-18)14-22(34)37-27(2,3)4/h7-9,15-16,18,24H,6,10-14H2,1-5H3. The molecule has 1 aromatic carbocycles. The summed E-state index contributed by atoms with van der Waals surface area (Å²) in [5.41, 5.74) is 1.30. The Bertz CT molecular complexity index is 1330. The number of para-hydroxylation sites is 1. The second kappa shape index (κ2) is 11.4. The second-order valence-corrected chi connectivity index (χ2v) is 11.9. The zero-order valence-electron chi connectivity index (χ0n) is 22.4. The molecule has 0 saturated heterocycles. The Morgan fingerprint density at radius 3 is 2.47 bits per heavy atom. The van der Waals surface area contributed by atoms with Gasteiger partial charge in [-0.2, -0.15) is 4.98 Å². The number of esters is 1. The van der Waals surface area contributed by atoms with Gasteiger partial charge in [-0.1, -0.05) is 19.1 Å². The first kappa shape index (κ1) is 28.1. The molecule has 1 aliphatic carbocycles. The summed E-state index contributed by atoms with van der Waals surface area (Å²) in [6.45, 7) is 7.49. The van der Waals surface area contributed by atoms with E-state index in [4.69, 9.17) is 9.47 Å². The third-order valence-corrected chi connectivity index (χ3v) is 7.18. The van der Waals surface area contributed by atoms with E-state index in [0.717, 1.165) is 18.4 Å². The summed E-state index contributed by atoms with van der Waals surface area (Å²) < 4.78 is 53.4. The average molecular weight is 549 g/mol. The van der Waals surface area contributed by atoms with Gasteiger partial charge < -0.3 is 9.47 Å². The fourth-order valence-corrected chi connectivity index (χ4v) is 5.23. The number of aromatic nitrogens is 4. The van der Waals surface area contributed by atoms with E-state index >= 15 is 0 Å². The number of hydrogen-bond acceptors (Lipinski definition) is 7. The maximum absolute atomic E-state index is 14.1. The molecule has 0 aliphatic heterocycles. The molecule has 11 heteroatoms. The number of carbonyl (C=O) groups excluding carboxylic acids is 1. The molecule has 2 heterocycles. The number of rotatable bonds is 8. The summed E-state index contributed by atoms with van der Waals surface area (Å²) in [4.78, 5) is 25.1. The molecule has 0 amide bonds. The first-order valence-corrected chi connectivity index (χ1v) is 14.4. The van der Waals surface area contributed by atoms with Crippen LogP contribution < -0.4 is 4.74 Å². The van der Waals surface area contributed by atoms with E-state index in [1.165, 1.54) is 16.9 Å². The normalized spacial score (nSPS) is 19.1. The van der Waals surface area contributed by atoms with Crippen LogP contribution in [0.25, 0.3) is 16.9 Å². The lowest BCUT2D eigenvalue weighted by Gasteiger charge is -2.29. The maximum Gasteiger partial charge on any atom is 0.306 e. The van der Waals surface area contributed by atoms with Gasteiger partial charge in [0.2, 0.25) is 11.0 Å². The van der Waals surface area contributed by atoms with Crippen LogP contribution in [0.2, 0.25) is 0 Å². The third kappa shape index (κ3) is 6.54. The van der Waals surface area contributed by atoms with Crippen molar-refractivity contribution in [3.63, 3.8) is 0 Å². The van der Waals surface area contributed by atoms with Gasteiger partial charge in [0.25, 0.3) is 6.43 Å². The number of imidazole rings is 1. The number of alkyl halides is 2. The van der Waals surface area contributed by atoms with E-state index in [1.807, 2.05) is 33.8 Å². The van der Waals surface area contributed by atoms with Crippen molar-refractivity contribution in [2.75, 3.05) is 6.26 Å². The monoisotopic (exact) mass is 548 g/mol. The fourth-order valence-electron chi connectivity index (χ4n) is 4.79. The minimum absolute atomic E-state index is 0.00942. The van der Waals surface area contributed by atoms with Crippen LogP contribution in [-0.2, 0) is 26.8 Å². The zero-order chi connectivity index (χ0) is 27.6. The van der Waals surface area contributed by atoms with Gasteiger partial charge in [-0.05, 0) is 70.4 Å². The summed E-state index contributed by atoms with van der Waals surface area (Å²) in [7, 11) is -1.57. The lowest BCUT2D eigenvalue weighted by atomic mass is 9.85. The molecule has 1 fully saturated rings. The first-order valence-electron chi connectivity index (χ1n) is 12.8. The third-order valence-electron chi connectivity index (χ3n) is 6.48. The molecule has 0 radical (unpaired) electrons. The highest BCUT2D eigenvalue weighted by Gasteiger charge is 2.28. The van der Waals surface area contributed by atoms with E-state index in [0.29, 0.717) is 36.7 Å². The van der Waals surface area contributed by atoms with Gasteiger partial charge in [0, 0.05) is 18.7 Å². The fraction of sp³-hybridized carbons (Fsp3) is 0.556. The van der Waals surface area contributed by atoms with Crippen molar-refractivity contribution >= 4 is 27.8 Å². The van der Waals surface area contributed by atoms with Crippen LogP contribution in [-0.4, -0.2) is 47.7 Å². The second-order valence-electron chi connectivity index (χ2n) is 10.6. The van der Waals surface area contributed by atoms with Gasteiger partial charge in [-0.25, -0.2) is 18.7 Å². The zero-order valence-corrected chi connectivity index (χ0v) is 23.2. The van der Waals surface area contributed by atoms with Crippen LogP contribution in [0, 0.1) is 5.92 Å². The van der Waals surface area contributed by atoms with E-state index in [9.17, 15) is 17.8 Å². The van der Waals surface area contributed by atoms with Crippen LogP contribution in [0.15, 0.2) is 29.4 Å². The van der Waals surface area contributed by atoms with Gasteiger partial charge in [0.1, 0.15) is 17.5 Å². The van der Waals surface area contributed by atoms with E-state index in [2.05, 4.69) is 15.0 Å². The Morgan fingerprint density at radius 1 is 1.16 bits per heavy atom. The van der Waals surface area contributed by atoms with Gasteiger partial charge in [0.05, 0.1) is 21.8 Å². The molecule has 1 aliphatic rings.